The number of Topliss-reactive ketones (excluding diaryl/α,β-unsaturated/α-hetero) is 1. The molecule has 0 saturated carbocycles. The first-order valence-electron chi connectivity index (χ1n) is 5.79. The molecule has 0 radical (unpaired) electrons. The summed E-state index contributed by atoms with van der Waals surface area (Å²) in [5.74, 6) is 0.0696. The minimum atomic E-state index is 0.0696. The van der Waals surface area contributed by atoms with Gasteiger partial charge in [-0.3, -0.25) is 4.79 Å². The van der Waals surface area contributed by atoms with E-state index < -0.39 is 0 Å². The molecule has 0 amide bonds. The highest BCUT2D eigenvalue weighted by Crippen LogP contribution is 2.09. The third kappa shape index (κ3) is 4.95. The molecule has 0 aliphatic heterocycles. The average Bonchev–Trinajstić information content (AvgIpc) is 2.30. The largest absolute Gasteiger partial charge is 0.362 e. The van der Waals surface area contributed by atoms with Gasteiger partial charge < -0.3 is 10.6 Å². The normalized spacial score (nSPS) is 9.76. The average molecular weight is 250 g/mol. The molecule has 3 nitrogen and oxygen atoms in total. The molecule has 0 fully saturated rings. The van der Waals surface area contributed by atoms with E-state index in [1.807, 2.05) is 12.1 Å². The molecule has 0 aliphatic carbocycles. The smallest absolute Gasteiger partial charge is 0.170 e. The number of rotatable bonds is 5. The Hall–Kier alpha value is -1.42. The minimum absolute atomic E-state index is 0.0696. The van der Waals surface area contributed by atoms with Gasteiger partial charge in [-0.25, -0.2) is 0 Å². The second-order valence-electron chi connectivity index (χ2n) is 3.87. The zero-order valence-electron chi connectivity index (χ0n) is 10.2. The number of benzene rings is 1. The molecule has 0 saturated heterocycles. The SMILES string of the molecule is CCCCNC(=S)Nc1ccc(C(C)=O)cc1. The van der Waals surface area contributed by atoms with Crippen molar-refractivity contribution in [1.29, 1.82) is 0 Å². The number of carbonyl (C=O) groups is 1. The van der Waals surface area contributed by atoms with Gasteiger partial charge in [0.25, 0.3) is 0 Å². The summed E-state index contributed by atoms with van der Waals surface area (Å²) in [6.45, 7) is 4.58. The van der Waals surface area contributed by atoms with Gasteiger partial charge in [-0.2, -0.15) is 0 Å². The van der Waals surface area contributed by atoms with Crippen molar-refractivity contribution < 1.29 is 4.79 Å². The highest BCUT2D eigenvalue weighted by molar-refractivity contribution is 7.80. The zero-order valence-corrected chi connectivity index (χ0v) is 11.1. The molecule has 1 aromatic carbocycles. The predicted molar refractivity (Wildman–Crippen MR) is 75.6 cm³/mol. The minimum Gasteiger partial charge on any atom is -0.362 e. The summed E-state index contributed by atoms with van der Waals surface area (Å²) in [4.78, 5) is 11.1. The quantitative estimate of drug-likeness (QED) is 0.479. The third-order valence-electron chi connectivity index (χ3n) is 2.37. The summed E-state index contributed by atoms with van der Waals surface area (Å²) >= 11 is 5.14. The van der Waals surface area contributed by atoms with E-state index in [0.29, 0.717) is 10.7 Å². The van der Waals surface area contributed by atoms with Gasteiger partial charge >= 0.3 is 0 Å². The van der Waals surface area contributed by atoms with Gasteiger partial charge in [0.05, 0.1) is 0 Å². The number of nitrogens with one attached hydrogen (secondary N) is 2. The van der Waals surface area contributed by atoms with E-state index in [4.69, 9.17) is 12.2 Å². The van der Waals surface area contributed by atoms with Gasteiger partial charge in [0, 0.05) is 17.8 Å². The number of anilines is 1. The molecule has 0 spiro atoms. The van der Waals surface area contributed by atoms with Crippen LogP contribution in [0.25, 0.3) is 0 Å². The lowest BCUT2D eigenvalue weighted by atomic mass is 10.1. The van der Waals surface area contributed by atoms with Gasteiger partial charge in [-0.05, 0) is 49.8 Å². The third-order valence-corrected chi connectivity index (χ3v) is 2.61. The first-order chi connectivity index (χ1) is 8.13. The van der Waals surface area contributed by atoms with Crippen LogP contribution in [0.1, 0.15) is 37.0 Å². The summed E-state index contributed by atoms with van der Waals surface area (Å²) in [6.07, 6.45) is 2.24. The summed E-state index contributed by atoms with van der Waals surface area (Å²) in [6, 6.07) is 7.29. The van der Waals surface area contributed by atoms with Crippen LogP contribution >= 0.6 is 12.2 Å². The number of hydrogen-bond donors (Lipinski definition) is 2. The summed E-state index contributed by atoms with van der Waals surface area (Å²) in [5.41, 5.74) is 1.60. The maximum atomic E-state index is 11.1. The molecule has 0 aromatic heterocycles. The highest BCUT2D eigenvalue weighted by Gasteiger charge is 2.00. The zero-order chi connectivity index (χ0) is 12.7. The van der Waals surface area contributed by atoms with Crippen molar-refractivity contribution >= 4 is 28.8 Å². The number of carbonyl (C=O) groups excluding carboxylic acids is 1. The molecule has 0 unspecified atom stereocenters. The lowest BCUT2D eigenvalue weighted by Gasteiger charge is -2.10. The second-order valence-corrected chi connectivity index (χ2v) is 4.28. The van der Waals surface area contributed by atoms with E-state index >= 15 is 0 Å². The van der Waals surface area contributed by atoms with Crippen molar-refractivity contribution in [2.45, 2.75) is 26.7 Å². The van der Waals surface area contributed by atoms with Crippen LogP contribution in [0.3, 0.4) is 0 Å². The van der Waals surface area contributed by atoms with Gasteiger partial charge in [-0.1, -0.05) is 13.3 Å². The van der Waals surface area contributed by atoms with Crippen molar-refractivity contribution in [2.24, 2.45) is 0 Å². The molecule has 0 heterocycles. The van der Waals surface area contributed by atoms with Crippen LogP contribution in [0.4, 0.5) is 5.69 Å². The Morgan fingerprint density at radius 3 is 2.47 bits per heavy atom. The van der Waals surface area contributed by atoms with Crippen molar-refractivity contribution in [3.8, 4) is 0 Å². The Kier molecular flexibility index (Phi) is 5.63. The fourth-order valence-electron chi connectivity index (χ4n) is 1.34. The first-order valence-corrected chi connectivity index (χ1v) is 6.20. The molecule has 1 aromatic rings. The fourth-order valence-corrected chi connectivity index (χ4v) is 1.56. The van der Waals surface area contributed by atoms with Crippen LogP contribution in [0, 0.1) is 0 Å². The van der Waals surface area contributed by atoms with Gasteiger partial charge in [0.15, 0.2) is 10.9 Å². The van der Waals surface area contributed by atoms with Crippen LogP contribution in [0.2, 0.25) is 0 Å². The Morgan fingerprint density at radius 1 is 1.29 bits per heavy atom. The van der Waals surface area contributed by atoms with Gasteiger partial charge in [-0.15, -0.1) is 0 Å². The molecule has 92 valence electrons. The van der Waals surface area contributed by atoms with E-state index in [1.165, 1.54) is 0 Å². The monoisotopic (exact) mass is 250 g/mol. The van der Waals surface area contributed by atoms with Crippen molar-refractivity contribution in [1.82, 2.24) is 5.32 Å². The topological polar surface area (TPSA) is 41.1 Å². The van der Waals surface area contributed by atoms with Crippen LogP contribution in [-0.4, -0.2) is 17.4 Å². The maximum Gasteiger partial charge on any atom is 0.170 e. The molecule has 17 heavy (non-hydrogen) atoms. The number of thiocarbonyl (C=S) groups is 1. The molecular formula is C13H18N2OS. The Bertz CT molecular complexity index is 387. The van der Waals surface area contributed by atoms with E-state index in [0.717, 1.165) is 25.1 Å². The van der Waals surface area contributed by atoms with Crippen LogP contribution in [0.5, 0.6) is 0 Å². The Balaban J connectivity index is 2.46. The molecule has 0 bridgehead atoms. The van der Waals surface area contributed by atoms with Crippen LogP contribution in [0.15, 0.2) is 24.3 Å². The number of hydrogen-bond acceptors (Lipinski definition) is 2. The van der Waals surface area contributed by atoms with E-state index in [-0.39, 0.29) is 5.78 Å². The standard InChI is InChI=1S/C13H18N2OS/c1-3-4-9-14-13(17)15-12-7-5-11(6-8-12)10(2)16/h5-8H,3-4,9H2,1-2H3,(H2,14,15,17). The second kappa shape index (κ2) is 7.01. The lowest BCUT2D eigenvalue weighted by Crippen LogP contribution is -2.29. The highest BCUT2D eigenvalue weighted by atomic mass is 32.1. The molecule has 2 N–H and O–H groups in total. The Morgan fingerprint density at radius 2 is 1.94 bits per heavy atom. The van der Waals surface area contributed by atoms with E-state index in [2.05, 4.69) is 17.6 Å². The van der Waals surface area contributed by atoms with Gasteiger partial charge in [0.1, 0.15) is 0 Å². The molecular weight excluding hydrogens is 232 g/mol. The molecule has 0 atom stereocenters. The lowest BCUT2D eigenvalue weighted by molar-refractivity contribution is 0.101. The maximum absolute atomic E-state index is 11.1. The number of ketones is 1. The molecule has 0 aliphatic rings. The predicted octanol–water partition coefficient (Wildman–Crippen LogP) is 2.98. The molecule has 1 rings (SSSR count). The van der Waals surface area contributed by atoms with Crippen LogP contribution < -0.4 is 10.6 Å². The number of unbranched alkanes of at least 4 members (excludes halogenated alkanes) is 1. The summed E-state index contributed by atoms with van der Waals surface area (Å²) in [7, 11) is 0. The van der Waals surface area contributed by atoms with Crippen molar-refractivity contribution in [2.75, 3.05) is 11.9 Å². The Labute approximate surface area is 108 Å². The fraction of sp³-hybridized carbons (Fsp3) is 0.385. The summed E-state index contributed by atoms with van der Waals surface area (Å²) < 4.78 is 0. The molecule has 4 heteroatoms. The van der Waals surface area contributed by atoms with Crippen LogP contribution in [-0.2, 0) is 0 Å². The van der Waals surface area contributed by atoms with Crippen molar-refractivity contribution in [3.05, 3.63) is 29.8 Å². The van der Waals surface area contributed by atoms with Gasteiger partial charge in [0.2, 0.25) is 0 Å². The van der Waals surface area contributed by atoms with E-state index in [9.17, 15) is 4.79 Å². The van der Waals surface area contributed by atoms with Crippen molar-refractivity contribution in [3.63, 3.8) is 0 Å². The van der Waals surface area contributed by atoms with E-state index in [1.54, 1.807) is 19.1 Å². The first kappa shape index (κ1) is 13.6. The summed E-state index contributed by atoms with van der Waals surface area (Å²) in [5, 5.41) is 6.82.